The van der Waals surface area contributed by atoms with Crippen molar-refractivity contribution in [3.8, 4) is 6.07 Å². The average molecular weight is 352 g/mol. The first-order valence-electron chi connectivity index (χ1n) is 7.64. The number of aryl methyl sites for hydroxylation is 1. The molecule has 7 nitrogen and oxygen atoms in total. The summed E-state index contributed by atoms with van der Waals surface area (Å²) in [7, 11) is 0. The number of hydrogen-bond acceptors (Lipinski definition) is 6. The first-order valence-corrected chi connectivity index (χ1v) is 8.63. The highest BCUT2D eigenvalue weighted by molar-refractivity contribution is 7.98. The van der Waals surface area contributed by atoms with Crippen molar-refractivity contribution in [3.63, 3.8) is 0 Å². The van der Waals surface area contributed by atoms with Gasteiger partial charge < -0.3 is 4.57 Å². The lowest BCUT2D eigenvalue weighted by Crippen LogP contribution is -2.24. The molecular weight excluding hydrogens is 336 g/mol. The zero-order valence-corrected chi connectivity index (χ0v) is 14.5. The number of hydrogen-bond donors (Lipinski definition) is 0. The molecule has 8 heteroatoms. The Hall–Kier alpha value is -2.92. The summed E-state index contributed by atoms with van der Waals surface area (Å²) in [4.78, 5) is 17.2. The molecule has 0 N–H and O–H groups in total. The van der Waals surface area contributed by atoms with Gasteiger partial charge in [0.1, 0.15) is 18.2 Å². The molecular formula is C17H16N6OS. The second kappa shape index (κ2) is 7.32. The molecule has 2 aromatic heterocycles. The van der Waals surface area contributed by atoms with Crippen molar-refractivity contribution >= 4 is 22.7 Å². The van der Waals surface area contributed by atoms with Gasteiger partial charge in [-0.25, -0.2) is 4.98 Å². The third-order valence-corrected chi connectivity index (χ3v) is 4.68. The number of nitriles is 1. The van der Waals surface area contributed by atoms with Gasteiger partial charge in [0.05, 0.1) is 22.7 Å². The molecule has 0 aliphatic carbocycles. The van der Waals surface area contributed by atoms with Crippen LogP contribution in [0.15, 0.2) is 46.9 Å². The van der Waals surface area contributed by atoms with Gasteiger partial charge >= 0.3 is 0 Å². The molecule has 1 aromatic carbocycles. The second-order valence-electron chi connectivity index (χ2n) is 5.31. The van der Waals surface area contributed by atoms with Crippen molar-refractivity contribution in [1.29, 1.82) is 5.26 Å². The van der Waals surface area contributed by atoms with E-state index in [-0.39, 0.29) is 12.1 Å². The van der Waals surface area contributed by atoms with Crippen LogP contribution in [0, 0.1) is 18.3 Å². The van der Waals surface area contributed by atoms with Gasteiger partial charge in [-0.2, -0.15) is 5.26 Å². The Morgan fingerprint density at radius 2 is 2.12 bits per heavy atom. The summed E-state index contributed by atoms with van der Waals surface area (Å²) < 4.78 is 3.35. The number of fused-ring (bicyclic) bond motifs is 1. The molecule has 0 radical (unpaired) electrons. The molecule has 0 aliphatic rings. The SMILES string of the molecule is C=CCn1c(C)nnc1SCc1nc2ccccc2c(=O)n1CC#N. The number of rotatable bonds is 6. The van der Waals surface area contributed by atoms with Crippen LogP contribution in [0.2, 0.25) is 0 Å². The quantitative estimate of drug-likeness (QED) is 0.499. The van der Waals surface area contributed by atoms with E-state index in [0.717, 1.165) is 11.0 Å². The Morgan fingerprint density at radius 3 is 2.88 bits per heavy atom. The van der Waals surface area contributed by atoms with Crippen LogP contribution in [0.5, 0.6) is 0 Å². The van der Waals surface area contributed by atoms with Crippen molar-refractivity contribution < 1.29 is 0 Å². The lowest BCUT2D eigenvalue weighted by atomic mass is 10.2. The number of benzene rings is 1. The monoisotopic (exact) mass is 352 g/mol. The van der Waals surface area contributed by atoms with Crippen LogP contribution in [0.25, 0.3) is 10.9 Å². The summed E-state index contributed by atoms with van der Waals surface area (Å²) in [5, 5.41) is 18.5. The maximum Gasteiger partial charge on any atom is 0.262 e. The highest BCUT2D eigenvalue weighted by Gasteiger charge is 2.14. The van der Waals surface area contributed by atoms with Crippen LogP contribution in [-0.4, -0.2) is 24.3 Å². The van der Waals surface area contributed by atoms with E-state index in [1.807, 2.05) is 23.6 Å². The van der Waals surface area contributed by atoms with Crippen LogP contribution in [-0.2, 0) is 18.8 Å². The minimum atomic E-state index is -0.202. The van der Waals surface area contributed by atoms with E-state index in [0.29, 0.717) is 29.0 Å². The van der Waals surface area contributed by atoms with E-state index in [1.165, 1.54) is 16.3 Å². The van der Waals surface area contributed by atoms with Crippen molar-refractivity contribution in [3.05, 3.63) is 58.9 Å². The Bertz CT molecular complexity index is 1030. The van der Waals surface area contributed by atoms with Gasteiger partial charge in [-0.05, 0) is 19.1 Å². The van der Waals surface area contributed by atoms with E-state index in [9.17, 15) is 4.79 Å². The summed E-state index contributed by atoms with van der Waals surface area (Å²) in [6.45, 7) is 6.19. The number of para-hydroxylation sites is 1. The second-order valence-corrected chi connectivity index (χ2v) is 6.25. The standard InChI is InChI=1S/C17H16N6OS/c1-3-9-22-12(2)20-21-17(22)25-11-15-19-14-7-5-4-6-13(14)16(24)23(15)10-8-18/h3-7H,1,9-11H2,2H3. The first kappa shape index (κ1) is 16.9. The fraction of sp³-hybridized carbons (Fsp3) is 0.235. The van der Waals surface area contributed by atoms with E-state index < -0.39 is 0 Å². The van der Waals surface area contributed by atoms with Crippen LogP contribution < -0.4 is 5.56 Å². The first-order chi connectivity index (χ1) is 12.2. The minimum Gasteiger partial charge on any atom is -0.302 e. The van der Waals surface area contributed by atoms with Gasteiger partial charge in [0, 0.05) is 6.54 Å². The fourth-order valence-corrected chi connectivity index (χ4v) is 3.43. The van der Waals surface area contributed by atoms with E-state index in [2.05, 4.69) is 21.8 Å². The van der Waals surface area contributed by atoms with Crippen molar-refractivity contribution in [2.75, 3.05) is 0 Å². The molecule has 0 spiro atoms. The lowest BCUT2D eigenvalue weighted by Gasteiger charge is -2.11. The Morgan fingerprint density at radius 1 is 1.32 bits per heavy atom. The number of nitrogens with zero attached hydrogens (tertiary/aromatic N) is 6. The summed E-state index contributed by atoms with van der Waals surface area (Å²) in [5.41, 5.74) is 0.424. The number of aromatic nitrogens is 5. The summed E-state index contributed by atoms with van der Waals surface area (Å²) >= 11 is 1.43. The zero-order chi connectivity index (χ0) is 17.8. The summed E-state index contributed by atoms with van der Waals surface area (Å²) in [6.07, 6.45) is 1.78. The smallest absolute Gasteiger partial charge is 0.262 e. The van der Waals surface area contributed by atoms with E-state index in [4.69, 9.17) is 5.26 Å². The van der Waals surface area contributed by atoms with Crippen molar-refractivity contribution in [2.24, 2.45) is 0 Å². The maximum atomic E-state index is 12.6. The molecule has 3 aromatic rings. The topological polar surface area (TPSA) is 89.4 Å². The average Bonchev–Trinajstić information content (AvgIpc) is 2.96. The van der Waals surface area contributed by atoms with Crippen LogP contribution >= 0.6 is 11.8 Å². The third kappa shape index (κ3) is 3.32. The molecule has 0 saturated heterocycles. The van der Waals surface area contributed by atoms with Crippen molar-refractivity contribution in [1.82, 2.24) is 24.3 Å². The van der Waals surface area contributed by atoms with Gasteiger partial charge in [-0.1, -0.05) is 30.0 Å². The van der Waals surface area contributed by atoms with E-state index >= 15 is 0 Å². The molecule has 126 valence electrons. The third-order valence-electron chi connectivity index (χ3n) is 3.71. The Labute approximate surface area is 148 Å². The predicted molar refractivity (Wildman–Crippen MR) is 96.1 cm³/mol. The molecule has 0 atom stereocenters. The fourth-order valence-electron chi connectivity index (χ4n) is 2.49. The summed E-state index contributed by atoms with van der Waals surface area (Å²) in [5.74, 6) is 1.75. The molecule has 0 aliphatic heterocycles. The Balaban J connectivity index is 1.98. The minimum absolute atomic E-state index is 0.0368. The molecule has 2 heterocycles. The molecule has 3 rings (SSSR count). The molecule has 25 heavy (non-hydrogen) atoms. The molecule has 0 saturated carbocycles. The number of thioether (sulfide) groups is 1. The molecule has 0 fully saturated rings. The van der Waals surface area contributed by atoms with Crippen LogP contribution in [0.4, 0.5) is 0 Å². The molecule has 0 unspecified atom stereocenters. The molecule has 0 bridgehead atoms. The van der Waals surface area contributed by atoms with Gasteiger partial charge in [0.25, 0.3) is 5.56 Å². The number of allylic oxidation sites excluding steroid dienone is 1. The Kier molecular flexibility index (Phi) is 4.95. The summed E-state index contributed by atoms with van der Waals surface area (Å²) in [6, 6.07) is 9.18. The zero-order valence-electron chi connectivity index (χ0n) is 13.7. The normalized spacial score (nSPS) is 10.7. The van der Waals surface area contributed by atoms with E-state index in [1.54, 1.807) is 24.3 Å². The van der Waals surface area contributed by atoms with Crippen molar-refractivity contribution in [2.45, 2.75) is 30.9 Å². The predicted octanol–water partition coefficient (Wildman–Crippen LogP) is 2.30. The van der Waals surface area contributed by atoms with Gasteiger partial charge in [0.15, 0.2) is 5.16 Å². The van der Waals surface area contributed by atoms with Gasteiger partial charge in [0.2, 0.25) is 0 Å². The highest BCUT2D eigenvalue weighted by atomic mass is 32.2. The van der Waals surface area contributed by atoms with Crippen LogP contribution in [0.3, 0.4) is 0 Å². The van der Waals surface area contributed by atoms with Gasteiger partial charge in [-0.3, -0.25) is 9.36 Å². The maximum absolute atomic E-state index is 12.6. The highest BCUT2D eigenvalue weighted by Crippen LogP contribution is 2.21. The largest absolute Gasteiger partial charge is 0.302 e. The molecule has 0 amide bonds. The van der Waals surface area contributed by atoms with Gasteiger partial charge in [-0.15, -0.1) is 16.8 Å². The van der Waals surface area contributed by atoms with Crippen LogP contribution in [0.1, 0.15) is 11.6 Å². The lowest BCUT2D eigenvalue weighted by molar-refractivity contribution is 0.699.